The molecule has 10 aromatic rings. The fourth-order valence-corrected chi connectivity index (χ4v) is 7.74. The number of nitrogens with zero attached hydrogens (tertiary/aromatic N) is 2. The van der Waals surface area contributed by atoms with E-state index >= 15 is 0 Å². The molecule has 10 rings (SSSR count). The third-order valence-corrected chi connectivity index (χ3v) is 9.93. The highest BCUT2D eigenvalue weighted by Gasteiger charge is 2.20. The lowest BCUT2D eigenvalue weighted by Gasteiger charge is -2.15. The van der Waals surface area contributed by atoms with Crippen molar-refractivity contribution in [2.75, 3.05) is 0 Å². The van der Waals surface area contributed by atoms with Gasteiger partial charge in [0.1, 0.15) is 0 Å². The van der Waals surface area contributed by atoms with Crippen LogP contribution in [0.25, 0.3) is 93.5 Å². The van der Waals surface area contributed by atoms with Crippen molar-refractivity contribution in [3.05, 3.63) is 182 Å². The minimum Gasteiger partial charge on any atom is -0.309 e. The van der Waals surface area contributed by atoms with Crippen LogP contribution in [0.5, 0.6) is 0 Å². The predicted molar refractivity (Wildman–Crippen MR) is 207 cm³/mol. The topological polar surface area (TPSA) is 17.8 Å². The van der Waals surface area contributed by atoms with Gasteiger partial charge in [-0.05, 0) is 63.0 Å². The molecule has 0 unspecified atom stereocenters. The molecule has 228 valence electrons. The minimum atomic E-state index is 0.948. The van der Waals surface area contributed by atoms with E-state index in [1.165, 1.54) is 59.7 Å². The summed E-state index contributed by atoms with van der Waals surface area (Å²) in [5, 5.41) is 10.2. The van der Waals surface area contributed by atoms with Gasteiger partial charge < -0.3 is 4.57 Å². The first-order chi connectivity index (χ1) is 24.3. The summed E-state index contributed by atoms with van der Waals surface area (Å²) in [5.74, 6) is 0. The van der Waals surface area contributed by atoms with Crippen molar-refractivity contribution in [3.8, 4) is 39.3 Å². The number of para-hydroxylation sites is 1. The fraction of sp³-hybridized carbons (Fsp3) is 0. The van der Waals surface area contributed by atoms with Gasteiger partial charge in [-0.3, -0.25) is 0 Å². The number of fused-ring (bicyclic) bond motifs is 10. The summed E-state index contributed by atoms with van der Waals surface area (Å²) in [6.45, 7) is 0. The molecule has 2 heteroatoms. The summed E-state index contributed by atoms with van der Waals surface area (Å²) in [6.07, 6.45) is 0. The molecule has 0 saturated carbocycles. The van der Waals surface area contributed by atoms with Crippen LogP contribution in [0, 0.1) is 0 Å². The second-order valence-electron chi connectivity index (χ2n) is 12.7. The molecular weight excluding hydrogens is 593 g/mol. The summed E-state index contributed by atoms with van der Waals surface area (Å²) in [5.41, 5.74) is 9.95. The van der Waals surface area contributed by atoms with Gasteiger partial charge in [-0.25, -0.2) is 4.98 Å². The Kier molecular flexibility index (Phi) is 6.22. The van der Waals surface area contributed by atoms with E-state index in [2.05, 4.69) is 187 Å². The van der Waals surface area contributed by atoms with E-state index in [9.17, 15) is 0 Å². The number of aromatic nitrogens is 2. The molecular formula is C47H30N2. The molecule has 49 heavy (non-hydrogen) atoms. The average molecular weight is 623 g/mol. The van der Waals surface area contributed by atoms with Crippen LogP contribution in [0.4, 0.5) is 0 Å². The SMILES string of the molecule is c1ccc(-c2cc(-c3ccccc3)nc(-c3cccc(-n4c5ccccc5c5c6c7ccccc7ccc6c6ccccc6c54)c3)c2)cc1. The fourth-order valence-electron chi connectivity index (χ4n) is 7.74. The molecule has 0 aliphatic rings. The van der Waals surface area contributed by atoms with Gasteiger partial charge in [0.05, 0.1) is 22.4 Å². The van der Waals surface area contributed by atoms with Gasteiger partial charge in [0, 0.05) is 38.4 Å². The highest BCUT2D eigenvalue weighted by molar-refractivity contribution is 6.36. The van der Waals surface area contributed by atoms with E-state index in [-0.39, 0.29) is 0 Å². The van der Waals surface area contributed by atoms with E-state index in [1.54, 1.807) is 0 Å². The number of rotatable bonds is 4. The Morgan fingerprint density at radius 2 is 0.959 bits per heavy atom. The van der Waals surface area contributed by atoms with Crippen molar-refractivity contribution in [1.82, 2.24) is 9.55 Å². The Bertz CT molecular complexity index is 2810. The largest absolute Gasteiger partial charge is 0.309 e. The second kappa shape index (κ2) is 11.0. The molecule has 0 aliphatic heterocycles. The van der Waals surface area contributed by atoms with Crippen LogP contribution < -0.4 is 0 Å². The van der Waals surface area contributed by atoms with Crippen LogP contribution in [0.15, 0.2) is 182 Å². The first-order valence-electron chi connectivity index (χ1n) is 16.8. The Morgan fingerprint density at radius 3 is 1.76 bits per heavy atom. The van der Waals surface area contributed by atoms with Gasteiger partial charge in [-0.15, -0.1) is 0 Å². The molecule has 8 aromatic carbocycles. The van der Waals surface area contributed by atoms with Gasteiger partial charge in [0.2, 0.25) is 0 Å². The van der Waals surface area contributed by atoms with Crippen LogP contribution >= 0.6 is 0 Å². The monoisotopic (exact) mass is 622 g/mol. The zero-order valence-electron chi connectivity index (χ0n) is 26.7. The lowest BCUT2D eigenvalue weighted by atomic mass is 9.93. The lowest BCUT2D eigenvalue weighted by Crippen LogP contribution is -1.97. The first kappa shape index (κ1) is 27.6. The van der Waals surface area contributed by atoms with Gasteiger partial charge in [0.15, 0.2) is 0 Å². The molecule has 2 heterocycles. The summed E-state index contributed by atoms with van der Waals surface area (Å²) in [4.78, 5) is 5.26. The van der Waals surface area contributed by atoms with E-state index in [1.807, 2.05) is 0 Å². The Labute approximate surface area is 284 Å². The second-order valence-corrected chi connectivity index (χ2v) is 12.7. The smallest absolute Gasteiger partial charge is 0.0716 e. The number of hydrogen-bond acceptors (Lipinski definition) is 1. The van der Waals surface area contributed by atoms with Crippen molar-refractivity contribution in [1.29, 1.82) is 0 Å². The molecule has 0 bridgehead atoms. The summed E-state index contributed by atoms with van der Waals surface area (Å²) in [7, 11) is 0. The quantitative estimate of drug-likeness (QED) is 0.179. The molecule has 0 amide bonds. The molecule has 0 aliphatic carbocycles. The standard InChI is InChI=1S/C47H30N2/c1-3-14-31(15-4-1)35-29-42(33-17-5-2-6-18-33)48-43(30-35)34-19-13-20-36(28-34)49-44-25-12-11-24-41(44)46-45-37-21-8-7-16-32(37)26-27-39(45)38-22-9-10-23-40(38)47(46)49/h1-30H. The van der Waals surface area contributed by atoms with E-state index in [0.717, 1.165) is 33.8 Å². The van der Waals surface area contributed by atoms with Crippen molar-refractivity contribution >= 4 is 54.1 Å². The first-order valence-corrected chi connectivity index (χ1v) is 16.8. The molecule has 0 atom stereocenters. The molecule has 2 nitrogen and oxygen atoms in total. The van der Waals surface area contributed by atoms with Crippen molar-refractivity contribution in [3.63, 3.8) is 0 Å². The number of hydrogen-bond donors (Lipinski definition) is 0. The maximum absolute atomic E-state index is 5.26. The summed E-state index contributed by atoms with van der Waals surface area (Å²) >= 11 is 0. The molecule has 0 saturated heterocycles. The minimum absolute atomic E-state index is 0.948. The van der Waals surface area contributed by atoms with Crippen LogP contribution in [0.1, 0.15) is 0 Å². The molecule has 0 N–H and O–H groups in total. The summed E-state index contributed by atoms with van der Waals surface area (Å²) < 4.78 is 2.47. The van der Waals surface area contributed by atoms with E-state index < -0.39 is 0 Å². The summed E-state index contributed by atoms with van der Waals surface area (Å²) in [6, 6.07) is 65.5. The van der Waals surface area contributed by atoms with Crippen LogP contribution in [0.2, 0.25) is 0 Å². The average Bonchev–Trinajstić information content (AvgIpc) is 3.54. The maximum atomic E-state index is 5.26. The highest BCUT2D eigenvalue weighted by Crippen LogP contribution is 2.45. The zero-order chi connectivity index (χ0) is 32.3. The van der Waals surface area contributed by atoms with Gasteiger partial charge >= 0.3 is 0 Å². The van der Waals surface area contributed by atoms with Gasteiger partial charge in [-0.1, -0.05) is 152 Å². The van der Waals surface area contributed by atoms with E-state index in [0.29, 0.717) is 0 Å². The van der Waals surface area contributed by atoms with Crippen molar-refractivity contribution in [2.45, 2.75) is 0 Å². The number of benzene rings is 8. The van der Waals surface area contributed by atoms with E-state index in [4.69, 9.17) is 4.98 Å². The van der Waals surface area contributed by atoms with Gasteiger partial charge in [-0.2, -0.15) is 0 Å². The van der Waals surface area contributed by atoms with Crippen molar-refractivity contribution < 1.29 is 0 Å². The van der Waals surface area contributed by atoms with Gasteiger partial charge in [0.25, 0.3) is 0 Å². The number of pyridine rings is 1. The van der Waals surface area contributed by atoms with Crippen LogP contribution in [-0.2, 0) is 0 Å². The molecule has 0 fully saturated rings. The molecule has 2 aromatic heterocycles. The lowest BCUT2D eigenvalue weighted by molar-refractivity contribution is 1.18. The van der Waals surface area contributed by atoms with Crippen LogP contribution in [-0.4, -0.2) is 9.55 Å². The third-order valence-electron chi connectivity index (χ3n) is 9.93. The normalized spacial score (nSPS) is 11.7. The van der Waals surface area contributed by atoms with Crippen LogP contribution in [0.3, 0.4) is 0 Å². The maximum Gasteiger partial charge on any atom is 0.0716 e. The molecule has 0 radical (unpaired) electrons. The predicted octanol–water partition coefficient (Wildman–Crippen LogP) is 12.6. The van der Waals surface area contributed by atoms with Crippen molar-refractivity contribution in [2.24, 2.45) is 0 Å². The molecule has 0 spiro atoms. The third kappa shape index (κ3) is 4.38. The zero-order valence-corrected chi connectivity index (χ0v) is 26.7. The highest BCUT2D eigenvalue weighted by atomic mass is 15.0. The Hall–Kier alpha value is -6.51. The Balaban J connectivity index is 1.28. The Morgan fingerprint density at radius 1 is 0.347 bits per heavy atom.